The van der Waals surface area contributed by atoms with Crippen molar-refractivity contribution in [3.8, 4) is 6.07 Å². The van der Waals surface area contributed by atoms with Crippen molar-refractivity contribution in [1.29, 1.82) is 5.26 Å². The Kier molecular flexibility index (Phi) is 4.45. The van der Waals surface area contributed by atoms with Crippen LogP contribution in [0.3, 0.4) is 0 Å². The minimum absolute atomic E-state index is 0.0141. The molecule has 2 aromatic rings. The lowest BCUT2D eigenvalue weighted by Crippen LogP contribution is -2.29. The van der Waals surface area contributed by atoms with Gasteiger partial charge in [0.05, 0.1) is 10.8 Å². The molecule has 0 radical (unpaired) electrons. The number of ketones is 1. The van der Waals surface area contributed by atoms with E-state index in [1.54, 1.807) is 23.5 Å². The van der Waals surface area contributed by atoms with Gasteiger partial charge in [-0.25, -0.2) is 0 Å². The lowest BCUT2D eigenvalue weighted by Gasteiger charge is -2.33. The number of thiophene rings is 1. The summed E-state index contributed by atoms with van der Waals surface area (Å²) in [7, 11) is 0. The van der Waals surface area contributed by atoms with Crippen LogP contribution in [-0.4, -0.2) is 10.7 Å². The van der Waals surface area contributed by atoms with Crippen LogP contribution < -0.4 is 5.73 Å². The van der Waals surface area contributed by atoms with Crippen LogP contribution in [-0.2, 0) is 9.53 Å². The highest BCUT2D eigenvalue weighted by Crippen LogP contribution is 2.47. The van der Waals surface area contributed by atoms with E-state index in [9.17, 15) is 20.2 Å². The molecule has 7 nitrogen and oxygen atoms in total. The van der Waals surface area contributed by atoms with E-state index in [1.807, 2.05) is 23.6 Å². The molecule has 1 aliphatic heterocycles. The zero-order chi connectivity index (χ0) is 19.8. The number of hydrogen-bond acceptors (Lipinski definition) is 7. The van der Waals surface area contributed by atoms with Gasteiger partial charge in [0.2, 0.25) is 5.88 Å². The molecule has 8 heteroatoms. The fourth-order valence-corrected chi connectivity index (χ4v) is 4.58. The van der Waals surface area contributed by atoms with Crippen molar-refractivity contribution in [2.45, 2.75) is 24.7 Å². The summed E-state index contributed by atoms with van der Waals surface area (Å²) in [5.74, 6) is -0.298. The highest BCUT2D eigenvalue weighted by Gasteiger charge is 2.41. The molecular weight excluding hydrogens is 378 g/mol. The Morgan fingerprint density at radius 1 is 1.25 bits per heavy atom. The number of nitro benzene ring substituents is 1. The molecule has 1 aliphatic carbocycles. The number of allylic oxidation sites excluding steroid dienone is 3. The van der Waals surface area contributed by atoms with Gasteiger partial charge in [0.1, 0.15) is 17.4 Å². The monoisotopic (exact) mass is 393 g/mol. The number of Topliss-reactive ketones (excluding diaryl/α,β-unsaturated/α-hetero) is 1. The number of nitrogens with two attached hydrogens (primary N) is 1. The molecule has 140 valence electrons. The zero-order valence-corrected chi connectivity index (χ0v) is 15.4. The molecule has 0 spiro atoms. The molecule has 0 fully saturated rings. The maximum atomic E-state index is 13.0. The molecule has 1 aromatic carbocycles. The van der Waals surface area contributed by atoms with Crippen molar-refractivity contribution in [2.24, 2.45) is 5.73 Å². The summed E-state index contributed by atoms with van der Waals surface area (Å²) < 4.78 is 5.70. The van der Waals surface area contributed by atoms with Crippen LogP contribution in [0.5, 0.6) is 0 Å². The summed E-state index contributed by atoms with van der Waals surface area (Å²) in [6, 6.07) is 11.8. The smallest absolute Gasteiger partial charge is 0.269 e. The first kappa shape index (κ1) is 17.9. The number of carbonyl (C=O) groups is 1. The molecule has 1 aromatic heterocycles. The molecule has 0 bridgehead atoms. The van der Waals surface area contributed by atoms with Gasteiger partial charge in [0.15, 0.2) is 5.78 Å². The minimum atomic E-state index is -0.675. The Morgan fingerprint density at radius 3 is 2.61 bits per heavy atom. The Morgan fingerprint density at radius 2 is 2.00 bits per heavy atom. The predicted molar refractivity (Wildman–Crippen MR) is 102 cm³/mol. The standard InChI is InChI=1S/C20H15N3O4S/c21-10-14-18(11-3-5-13(6-4-11)23(25)26)19-15(24)8-12(17-2-1-7-28-17)9-16(19)27-20(14)22/h1-7,12,18H,8-9,22H2. The molecule has 2 heterocycles. The zero-order valence-electron chi connectivity index (χ0n) is 14.6. The Bertz CT molecular complexity index is 1060. The number of hydrogen-bond donors (Lipinski definition) is 1. The normalized spacial score (nSPS) is 21.8. The number of nitrogens with zero attached hydrogens (tertiary/aromatic N) is 2. The molecule has 2 N–H and O–H groups in total. The summed E-state index contributed by atoms with van der Waals surface area (Å²) in [5, 5.41) is 22.5. The van der Waals surface area contributed by atoms with Gasteiger partial charge < -0.3 is 10.5 Å². The van der Waals surface area contributed by atoms with E-state index in [1.165, 1.54) is 12.1 Å². The van der Waals surface area contributed by atoms with E-state index in [0.29, 0.717) is 29.7 Å². The maximum absolute atomic E-state index is 13.0. The van der Waals surface area contributed by atoms with Gasteiger partial charge in [0.25, 0.3) is 5.69 Å². The Balaban J connectivity index is 1.78. The van der Waals surface area contributed by atoms with Gasteiger partial charge in [-0.15, -0.1) is 11.3 Å². The van der Waals surface area contributed by atoms with Gasteiger partial charge in [-0.05, 0) is 17.0 Å². The molecule has 2 aliphatic rings. The van der Waals surface area contributed by atoms with Gasteiger partial charge in [0, 0.05) is 41.3 Å². The summed E-state index contributed by atoms with van der Waals surface area (Å²) in [4.78, 5) is 24.6. The SMILES string of the molecule is N#CC1=C(N)OC2=C(C(=O)CC(c3cccs3)C2)C1c1ccc([N+](=O)[O-])cc1. The highest BCUT2D eigenvalue weighted by atomic mass is 32.1. The van der Waals surface area contributed by atoms with E-state index < -0.39 is 10.8 Å². The first-order chi connectivity index (χ1) is 13.5. The van der Waals surface area contributed by atoms with Crippen molar-refractivity contribution in [2.75, 3.05) is 0 Å². The second-order valence-electron chi connectivity index (χ2n) is 6.65. The van der Waals surface area contributed by atoms with Crippen LogP contribution in [0.15, 0.2) is 64.6 Å². The third-order valence-corrected chi connectivity index (χ3v) is 6.08. The van der Waals surface area contributed by atoms with Crippen LogP contribution >= 0.6 is 11.3 Å². The molecule has 0 amide bonds. The molecule has 28 heavy (non-hydrogen) atoms. The van der Waals surface area contributed by atoms with Crippen LogP contribution in [0.4, 0.5) is 5.69 Å². The van der Waals surface area contributed by atoms with Gasteiger partial charge in [-0.2, -0.15) is 5.26 Å². The van der Waals surface area contributed by atoms with Crippen molar-refractivity contribution in [3.63, 3.8) is 0 Å². The first-order valence-corrected chi connectivity index (χ1v) is 9.49. The molecular formula is C20H15N3O4S. The van der Waals surface area contributed by atoms with E-state index in [2.05, 4.69) is 0 Å². The van der Waals surface area contributed by atoms with E-state index in [-0.39, 0.29) is 28.8 Å². The number of nitriles is 1. The van der Waals surface area contributed by atoms with Crippen molar-refractivity contribution >= 4 is 22.8 Å². The topological polar surface area (TPSA) is 119 Å². The van der Waals surface area contributed by atoms with Gasteiger partial charge in [-0.1, -0.05) is 18.2 Å². The van der Waals surface area contributed by atoms with Crippen molar-refractivity contribution < 1.29 is 14.5 Å². The van der Waals surface area contributed by atoms with Gasteiger partial charge in [-0.3, -0.25) is 14.9 Å². The summed E-state index contributed by atoms with van der Waals surface area (Å²) in [5.41, 5.74) is 7.11. The third kappa shape index (κ3) is 2.96. The van der Waals surface area contributed by atoms with E-state index in [4.69, 9.17) is 10.5 Å². The minimum Gasteiger partial charge on any atom is -0.444 e. The number of rotatable bonds is 3. The number of non-ortho nitro benzene ring substituents is 1. The second-order valence-corrected chi connectivity index (χ2v) is 7.63. The highest BCUT2D eigenvalue weighted by molar-refractivity contribution is 7.10. The largest absolute Gasteiger partial charge is 0.444 e. The molecule has 0 saturated carbocycles. The Hall–Kier alpha value is -3.44. The summed E-state index contributed by atoms with van der Waals surface area (Å²) in [6.45, 7) is 0. The van der Waals surface area contributed by atoms with Crippen molar-refractivity contribution in [1.82, 2.24) is 0 Å². The maximum Gasteiger partial charge on any atom is 0.269 e. The van der Waals surface area contributed by atoms with Crippen molar-refractivity contribution in [3.05, 3.63) is 85.1 Å². The molecule has 4 rings (SSSR count). The third-order valence-electron chi connectivity index (χ3n) is 5.04. The van der Waals surface area contributed by atoms with Crippen LogP contribution in [0.2, 0.25) is 0 Å². The summed E-state index contributed by atoms with van der Waals surface area (Å²) in [6.07, 6.45) is 0.843. The second kappa shape index (κ2) is 6.94. The summed E-state index contributed by atoms with van der Waals surface area (Å²) >= 11 is 1.59. The fraction of sp³-hybridized carbons (Fsp3) is 0.200. The van der Waals surface area contributed by atoms with Gasteiger partial charge >= 0.3 is 0 Å². The first-order valence-electron chi connectivity index (χ1n) is 8.61. The number of nitro groups is 1. The lowest BCUT2D eigenvalue weighted by molar-refractivity contribution is -0.384. The molecule has 2 atom stereocenters. The number of ether oxygens (including phenoxy) is 1. The van der Waals surface area contributed by atoms with Crippen LogP contribution in [0.1, 0.15) is 35.1 Å². The number of carbonyl (C=O) groups excluding carboxylic acids is 1. The molecule has 2 unspecified atom stereocenters. The lowest BCUT2D eigenvalue weighted by atomic mass is 9.75. The quantitative estimate of drug-likeness (QED) is 0.624. The van der Waals surface area contributed by atoms with Crippen LogP contribution in [0, 0.1) is 21.4 Å². The van der Waals surface area contributed by atoms with E-state index >= 15 is 0 Å². The average Bonchev–Trinajstić information content (AvgIpc) is 3.21. The molecule has 0 saturated heterocycles. The van der Waals surface area contributed by atoms with E-state index in [0.717, 1.165) is 4.88 Å². The fourth-order valence-electron chi connectivity index (χ4n) is 3.75. The Labute approximate surface area is 164 Å². The van der Waals surface area contributed by atoms with Crippen LogP contribution in [0.25, 0.3) is 0 Å². The predicted octanol–water partition coefficient (Wildman–Crippen LogP) is 3.86. The number of benzene rings is 1. The average molecular weight is 393 g/mol.